The van der Waals surface area contributed by atoms with Crippen molar-refractivity contribution in [1.82, 2.24) is 0 Å². The van der Waals surface area contributed by atoms with E-state index in [1.165, 1.54) is 0 Å². The second kappa shape index (κ2) is 6.70. The fourth-order valence-corrected chi connectivity index (χ4v) is 0. The van der Waals surface area contributed by atoms with E-state index in [1.807, 2.05) is 0 Å². The van der Waals surface area contributed by atoms with Crippen LogP contribution in [0.25, 0.3) is 0 Å². The number of rotatable bonds is 0. The van der Waals surface area contributed by atoms with Crippen molar-refractivity contribution in [2.75, 3.05) is 0 Å². The molecule has 0 aromatic carbocycles. The average molecular weight is 349 g/mol. The van der Waals surface area contributed by atoms with Gasteiger partial charge in [-0.3, -0.25) is 4.55 Å². The van der Waals surface area contributed by atoms with E-state index in [1.54, 1.807) is 0 Å². The first-order valence-electron chi connectivity index (χ1n) is 0.698. The predicted octanol–water partition coefficient (Wildman–Crippen LogP) is -0.932. The number of hydrogen-bond donors (Lipinski definition) is 2. The van der Waals surface area contributed by atoms with Crippen LogP contribution < -0.4 is 0 Å². The monoisotopic (exact) mass is 349 g/mol. The predicted molar refractivity (Wildman–Crippen MR) is 27.7 cm³/mol. The van der Waals surface area contributed by atoms with Gasteiger partial charge in [-0.25, -0.2) is 0 Å². The minimum absolute atomic E-state index is 0. The van der Waals surface area contributed by atoms with Gasteiger partial charge < -0.3 is 0 Å². The van der Waals surface area contributed by atoms with Crippen LogP contribution in [0.1, 0.15) is 0 Å². The summed E-state index contributed by atoms with van der Waals surface area (Å²) in [6.07, 6.45) is 0. The summed E-state index contributed by atoms with van der Waals surface area (Å²) in [5.41, 5.74) is 0. The Morgan fingerprint density at radius 3 is 1.43 bits per heavy atom. The van der Waals surface area contributed by atoms with Crippen molar-refractivity contribution in [2.45, 2.75) is 0 Å². The third kappa shape index (κ3) is 55.7. The van der Waals surface area contributed by atoms with E-state index in [4.69, 9.17) is 13.0 Å². The van der Waals surface area contributed by atoms with E-state index in [0.717, 1.165) is 0 Å². The van der Waals surface area contributed by atoms with Gasteiger partial charge in [-0.05, 0) is 11.7 Å². The largest absolute Gasteiger partial charge is 0 e. The molecule has 0 atom stereocenters. The van der Waals surface area contributed by atoms with E-state index < -0.39 is 9.15 Å². The zero-order chi connectivity index (χ0) is 4.50. The normalized spacial score (nSPS) is 8.29. The molecule has 0 aromatic rings. The van der Waals surface area contributed by atoms with E-state index in [2.05, 4.69) is 11.7 Å². The summed E-state index contributed by atoms with van der Waals surface area (Å²) in [4.78, 5) is 0. The zero-order valence-electron chi connectivity index (χ0n) is 2.44. The fraction of sp³-hybridized carbons (Fsp3) is 0. The van der Waals surface area contributed by atoms with Gasteiger partial charge in [0.25, 0.3) is 0 Å². The summed E-state index contributed by atoms with van der Waals surface area (Å²) >= 11 is 2.65. The van der Waals surface area contributed by atoms with Gasteiger partial charge in [-0.15, -0.1) is 0 Å². The number of hydrogen-bond acceptors (Lipinski definition) is 2. The first-order valence-corrected chi connectivity index (χ1v) is 3.19. The van der Waals surface area contributed by atoms with Crippen molar-refractivity contribution in [1.29, 1.82) is 0 Å². The summed E-state index contributed by atoms with van der Waals surface area (Å²) in [5.74, 6) is 0. The van der Waals surface area contributed by atoms with Crippen molar-refractivity contribution in [3.8, 4) is 0 Å². The van der Waals surface area contributed by atoms with Crippen LogP contribution in [0, 0.1) is 0 Å². The van der Waals surface area contributed by atoms with E-state index in [0.29, 0.717) is 0 Å². The summed E-state index contributed by atoms with van der Waals surface area (Å²) < 4.78 is 25.5. The topological polar surface area (TPSA) is 54.4 Å². The Bertz CT molecular complexity index is 96.1. The van der Waals surface area contributed by atoms with E-state index in [-0.39, 0.29) is 72.4 Å². The van der Waals surface area contributed by atoms with Crippen molar-refractivity contribution in [3.63, 3.8) is 0 Å². The Morgan fingerprint density at radius 2 is 1.43 bits per heavy atom. The maximum Gasteiger partial charge on any atom is 0 e. The second-order valence-corrected chi connectivity index (χ2v) is 2.73. The maximum absolute atomic E-state index is 9.05. The molecule has 1 N–H and O–H groups in total. The van der Waals surface area contributed by atoms with Crippen LogP contribution in [0.2, 0.25) is 0 Å². The maximum atomic E-state index is 9.05. The van der Waals surface area contributed by atoms with Crippen molar-refractivity contribution < 1.29 is 34.0 Å². The molecule has 0 aliphatic heterocycles. The van der Waals surface area contributed by atoms with Crippen LogP contribution in [0.5, 0.6) is 0 Å². The molecule has 0 fully saturated rings. The van der Waals surface area contributed by atoms with Crippen molar-refractivity contribution >= 4 is 72.2 Å². The third-order valence-electron chi connectivity index (χ3n) is 0. The molecule has 7 heavy (non-hydrogen) atoms. The summed E-state index contributed by atoms with van der Waals surface area (Å²) in [6, 6.07) is 0. The molecule has 44 valence electrons. The van der Waals surface area contributed by atoms with Crippen LogP contribution in [-0.2, 0) is 30.2 Å². The van der Waals surface area contributed by atoms with Crippen LogP contribution in [0.3, 0.4) is 0 Å². The van der Waals surface area contributed by atoms with Gasteiger partial charge in [-0.1, -0.05) is 0 Å². The van der Waals surface area contributed by atoms with Gasteiger partial charge in [0, 0.05) is 21.1 Å². The van der Waals surface area contributed by atoms with Crippen LogP contribution in [-0.4, -0.2) is 64.4 Å². The fourth-order valence-electron chi connectivity index (χ4n) is 0. The zero-order valence-corrected chi connectivity index (χ0v) is 6.42. The SMILES string of the molecule is O=S(=O)(O)S.[KH].[Pt]. The van der Waals surface area contributed by atoms with Crippen molar-refractivity contribution in [3.05, 3.63) is 0 Å². The standard InChI is InChI=1S/K.H2O3S2.Pt.H/c;1-5(2,3)4;;/h;(H2,1,2,3,4);;. The summed E-state index contributed by atoms with van der Waals surface area (Å²) in [5, 5.41) is 0. The minimum Gasteiger partial charge on any atom is 0 e. The molecule has 0 amide bonds. The molecule has 0 aromatic heterocycles. The smallest absolute Gasteiger partial charge is 0 e. The molecule has 0 aliphatic rings. The summed E-state index contributed by atoms with van der Waals surface area (Å²) in [6.45, 7) is 0. The van der Waals surface area contributed by atoms with Crippen molar-refractivity contribution in [2.24, 2.45) is 0 Å². The summed E-state index contributed by atoms with van der Waals surface area (Å²) in [7, 11) is -3.97. The van der Waals surface area contributed by atoms with E-state index in [9.17, 15) is 0 Å². The molecule has 0 spiro atoms. The average Bonchev–Trinajstić information content (AvgIpc) is 0.722. The molecular formula is H3KO3PtS2. The van der Waals surface area contributed by atoms with Gasteiger partial charge in [0.2, 0.25) is 0 Å². The minimum atomic E-state index is -3.97. The van der Waals surface area contributed by atoms with Gasteiger partial charge in [0.05, 0.1) is 0 Å². The Kier molecular flexibility index (Phi) is 15.6. The van der Waals surface area contributed by atoms with Crippen LogP contribution in [0.15, 0.2) is 0 Å². The molecule has 7 heteroatoms. The van der Waals surface area contributed by atoms with Gasteiger partial charge in [0.1, 0.15) is 0 Å². The van der Waals surface area contributed by atoms with Gasteiger partial charge >= 0.3 is 60.5 Å². The molecule has 0 saturated heterocycles. The van der Waals surface area contributed by atoms with Crippen LogP contribution in [0.4, 0.5) is 0 Å². The molecule has 0 aliphatic carbocycles. The Labute approximate surface area is 104 Å². The molecule has 0 saturated carbocycles. The molecule has 0 unspecified atom stereocenters. The van der Waals surface area contributed by atoms with Gasteiger partial charge in [0.15, 0.2) is 0 Å². The molecular weight excluding hydrogens is 346 g/mol. The molecule has 0 rings (SSSR count). The Morgan fingerprint density at radius 1 is 1.43 bits per heavy atom. The Hall–Kier alpha value is 2.58. The number of thiol groups is 1. The Balaban J connectivity index is -0.0000000800. The quantitative estimate of drug-likeness (QED) is 0.257. The van der Waals surface area contributed by atoms with Crippen LogP contribution >= 0.6 is 11.7 Å². The molecule has 3 nitrogen and oxygen atoms in total. The van der Waals surface area contributed by atoms with E-state index >= 15 is 0 Å². The second-order valence-electron chi connectivity index (χ2n) is 0.448. The third-order valence-corrected chi connectivity index (χ3v) is 0. The van der Waals surface area contributed by atoms with Gasteiger partial charge in [-0.2, -0.15) is 8.42 Å². The first kappa shape index (κ1) is 16.3. The molecule has 0 heterocycles. The molecule has 0 radical (unpaired) electrons. The molecule has 0 bridgehead atoms. The first-order chi connectivity index (χ1) is 2.00.